The van der Waals surface area contributed by atoms with Crippen LogP contribution in [0.5, 0.6) is 0 Å². The monoisotopic (exact) mass is 206 g/mol. The number of carbonyl (C=O) groups is 1. The van der Waals surface area contributed by atoms with Gasteiger partial charge in [-0.05, 0) is 6.92 Å². The van der Waals surface area contributed by atoms with Gasteiger partial charge in [-0.3, -0.25) is 0 Å². The van der Waals surface area contributed by atoms with Crippen molar-refractivity contribution >= 4 is 18.4 Å². The van der Waals surface area contributed by atoms with Crippen molar-refractivity contribution in [3.05, 3.63) is 17.3 Å². The number of aromatic carboxylic acids is 1. The van der Waals surface area contributed by atoms with Crippen molar-refractivity contribution in [3.8, 4) is 0 Å². The van der Waals surface area contributed by atoms with Gasteiger partial charge >= 0.3 is 5.97 Å². The Kier molecular flexibility index (Phi) is 4.44. The van der Waals surface area contributed by atoms with E-state index in [0.29, 0.717) is 24.6 Å². The molecular weight excluding hydrogens is 196 g/mol. The predicted molar refractivity (Wildman–Crippen MR) is 48.2 cm³/mol. The molecule has 3 N–H and O–H groups in total. The molecule has 0 aliphatic rings. The lowest BCUT2D eigenvalue weighted by Gasteiger charge is -1.85. The maximum atomic E-state index is 10.5. The Hall–Kier alpha value is -1.07. The van der Waals surface area contributed by atoms with Crippen LogP contribution < -0.4 is 5.73 Å². The molecule has 0 aromatic carbocycles. The molecule has 1 heterocycles. The summed E-state index contributed by atoms with van der Waals surface area (Å²) in [5, 5.41) is 8.59. The average molecular weight is 207 g/mol. The molecule has 1 aromatic heterocycles. The number of nitrogens with two attached hydrogens (primary N) is 1. The second kappa shape index (κ2) is 4.84. The molecule has 0 saturated heterocycles. The molecular formula is C7H11ClN2O3. The molecule has 0 atom stereocenters. The Morgan fingerprint density at radius 2 is 2.31 bits per heavy atom. The number of halogens is 1. The molecule has 1 aromatic rings. The van der Waals surface area contributed by atoms with E-state index in [4.69, 9.17) is 15.3 Å². The zero-order valence-electron chi connectivity index (χ0n) is 7.11. The highest BCUT2D eigenvalue weighted by Gasteiger charge is 2.14. The van der Waals surface area contributed by atoms with Crippen LogP contribution in [0.1, 0.15) is 22.1 Å². The highest BCUT2D eigenvalue weighted by atomic mass is 35.5. The maximum Gasteiger partial charge on any atom is 0.358 e. The van der Waals surface area contributed by atoms with Crippen LogP contribution in [-0.2, 0) is 6.42 Å². The number of oxazole rings is 1. The second-order valence-corrected chi connectivity index (χ2v) is 2.36. The third kappa shape index (κ3) is 2.71. The quantitative estimate of drug-likeness (QED) is 0.756. The number of aryl methyl sites for hydroxylation is 1. The van der Waals surface area contributed by atoms with Gasteiger partial charge in [-0.2, -0.15) is 0 Å². The molecule has 0 aliphatic carbocycles. The number of aromatic nitrogens is 1. The zero-order chi connectivity index (χ0) is 9.14. The molecule has 1 rings (SSSR count). The number of carboxylic acids is 1. The van der Waals surface area contributed by atoms with Crippen molar-refractivity contribution in [3.63, 3.8) is 0 Å². The smallest absolute Gasteiger partial charge is 0.358 e. The summed E-state index contributed by atoms with van der Waals surface area (Å²) in [6.07, 6.45) is 0.466. The van der Waals surface area contributed by atoms with E-state index < -0.39 is 5.97 Å². The van der Waals surface area contributed by atoms with E-state index in [0.717, 1.165) is 0 Å². The molecule has 0 unspecified atom stereocenters. The van der Waals surface area contributed by atoms with E-state index in [1.165, 1.54) is 0 Å². The largest absolute Gasteiger partial charge is 0.476 e. The summed E-state index contributed by atoms with van der Waals surface area (Å²) in [4.78, 5) is 14.2. The fraction of sp³-hybridized carbons (Fsp3) is 0.429. The van der Waals surface area contributed by atoms with Gasteiger partial charge in [-0.25, -0.2) is 9.78 Å². The van der Waals surface area contributed by atoms with Crippen LogP contribution in [0, 0.1) is 6.92 Å². The number of hydrogen-bond donors (Lipinski definition) is 2. The first-order valence-corrected chi connectivity index (χ1v) is 3.54. The van der Waals surface area contributed by atoms with E-state index in [1.54, 1.807) is 6.92 Å². The van der Waals surface area contributed by atoms with Crippen molar-refractivity contribution in [2.45, 2.75) is 13.3 Å². The van der Waals surface area contributed by atoms with Gasteiger partial charge in [0.15, 0.2) is 11.6 Å². The lowest BCUT2D eigenvalue weighted by Crippen LogP contribution is -2.04. The lowest BCUT2D eigenvalue weighted by atomic mass is 10.4. The third-order valence-corrected chi connectivity index (χ3v) is 1.40. The maximum absolute atomic E-state index is 10.5. The molecule has 0 radical (unpaired) electrons. The third-order valence-electron chi connectivity index (χ3n) is 1.40. The first kappa shape index (κ1) is 11.9. The predicted octanol–water partition coefficient (Wildman–Crippen LogP) is 0.604. The topological polar surface area (TPSA) is 89.4 Å². The fourth-order valence-electron chi connectivity index (χ4n) is 0.880. The Morgan fingerprint density at radius 3 is 2.69 bits per heavy atom. The summed E-state index contributed by atoms with van der Waals surface area (Å²) in [6.45, 7) is 1.97. The van der Waals surface area contributed by atoms with Crippen LogP contribution in [0.3, 0.4) is 0 Å². The molecule has 0 aliphatic heterocycles. The molecule has 74 valence electrons. The fourth-order valence-corrected chi connectivity index (χ4v) is 0.880. The van der Waals surface area contributed by atoms with Crippen LogP contribution in [0.4, 0.5) is 0 Å². The van der Waals surface area contributed by atoms with E-state index in [-0.39, 0.29) is 18.1 Å². The van der Waals surface area contributed by atoms with E-state index >= 15 is 0 Å². The van der Waals surface area contributed by atoms with Gasteiger partial charge in [0, 0.05) is 13.0 Å². The first-order chi connectivity index (χ1) is 5.65. The van der Waals surface area contributed by atoms with Crippen molar-refractivity contribution in [1.29, 1.82) is 0 Å². The van der Waals surface area contributed by atoms with Crippen molar-refractivity contribution in [2.24, 2.45) is 5.73 Å². The Bertz CT molecular complexity index is 298. The van der Waals surface area contributed by atoms with Crippen LogP contribution >= 0.6 is 12.4 Å². The van der Waals surface area contributed by atoms with Gasteiger partial charge in [0.1, 0.15) is 5.76 Å². The highest BCUT2D eigenvalue weighted by Crippen LogP contribution is 2.09. The second-order valence-electron chi connectivity index (χ2n) is 2.36. The Balaban J connectivity index is 0.00000144. The highest BCUT2D eigenvalue weighted by molar-refractivity contribution is 5.86. The minimum Gasteiger partial charge on any atom is -0.476 e. The van der Waals surface area contributed by atoms with Gasteiger partial charge in [-0.1, -0.05) is 0 Å². The minimum atomic E-state index is -1.07. The van der Waals surface area contributed by atoms with Crippen LogP contribution in [-0.4, -0.2) is 22.6 Å². The van der Waals surface area contributed by atoms with Crippen molar-refractivity contribution in [2.75, 3.05) is 6.54 Å². The molecule has 0 bridgehead atoms. The standard InChI is InChI=1S/C7H10N2O3.ClH/c1-4-6(7(10)11)9-5(12-4)2-3-8;/h2-3,8H2,1H3,(H,10,11);1H. The normalized spacial score (nSPS) is 9.38. The van der Waals surface area contributed by atoms with Gasteiger partial charge in [0.2, 0.25) is 0 Å². The minimum absolute atomic E-state index is 0. The average Bonchev–Trinajstić information content (AvgIpc) is 2.32. The summed E-state index contributed by atoms with van der Waals surface area (Å²) in [7, 11) is 0. The molecule has 5 nitrogen and oxygen atoms in total. The van der Waals surface area contributed by atoms with Crippen LogP contribution in [0.15, 0.2) is 4.42 Å². The molecule has 0 spiro atoms. The molecule has 13 heavy (non-hydrogen) atoms. The molecule has 0 saturated carbocycles. The Labute approximate surface area is 81.4 Å². The summed E-state index contributed by atoms with van der Waals surface area (Å²) < 4.78 is 5.04. The molecule has 0 amide bonds. The van der Waals surface area contributed by atoms with E-state index in [2.05, 4.69) is 4.98 Å². The van der Waals surface area contributed by atoms with Gasteiger partial charge < -0.3 is 15.3 Å². The van der Waals surface area contributed by atoms with Gasteiger partial charge in [0.05, 0.1) is 0 Å². The molecule has 0 fully saturated rings. The number of nitrogens with zero attached hydrogens (tertiary/aromatic N) is 1. The first-order valence-electron chi connectivity index (χ1n) is 3.54. The van der Waals surface area contributed by atoms with Gasteiger partial charge in [0.25, 0.3) is 0 Å². The van der Waals surface area contributed by atoms with E-state index in [9.17, 15) is 4.79 Å². The summed E-state index contributed by atoms with van der Waals surface area (Å²) >= 11 is 0. The van der Waals surface area contributed by atoms with Crippen molar-refractivity contribution < 1.29 is 14.3 Å². The van der Waals surface area contributed by atoms with Crippen LogP contribution in [0.2, 0.25) is 0 Å². The number of hydrogen-bond acceptors (Lipinski definition) is 4. The van der Waals surface area contributed by atoms with Gasteiger partial charge in [-0.15, -0.1) is 12.4 Å². The SMILES string of the molecule is Cc1oc(CCN)nc1C(=O)O.Cl. The summed E-state index contributed by atoms with van der Waals surface area (Å²) in [6, 6.07) is 0. The number of carboxylic acid groups (broad SMARTS) is 1. The van der Waals surface area contributed by atoms with E-state index in [1.807, 2.05) is 0 Å². The molecule has 6 heteroatoms. The Morgan fingerprint density at radius 1 is 1.69 bits per heavy atom. The lowest BCUT2D eigenvalue weighted by molar-refractivity contribution is 0.0689. The zero-order valence-corrected chi connectivity index (χ0v) is 7.93. The number of rotatable bonds is 3. The van der Waals surface area contributed by atoms with Crippen molar-refractivity contribution in [1.82, 2.24) is 4.98 Å². The summed E-state index contributed by atoms with van der Waals surface area (Å²) in [5.74, 6) is -0.363. The van der Waals surface area contributed by atoms with Crippen LogP contribution in [0.25, 0.3) is 0 Å². The summed E-state index contributed by atoms with van der Waals surface area (Å²) in [5.41, 5.74) is 5.22.